The van der Waals surface area contributed by atoms with Crippen LogP contribution < -0.4 is 11.2 Å². The van der Waals surface area contributed by atoms with E-state index in [9.17, 15) is 4.79 Å². The van der Waals surface area contributed by atoms with Crippen molar-refractivity contribution in [3.8, 4) is 11.4 Å². The first-order valence-electron chi connectivity index (χ1n) is 9.54. The standard InChI is InChI=1S/C19H26N6OS/c1-13-2-4-14(5-3-13)18-22-23-19(25(18)20)27-12-17(26)21-15-8-10-24(11-9-15)16-6-7-16/h2-5,15-16H,6-12,20H2,1H3,(H,21,26). The minimum absolute atomic E-state index is 0.0322. The van der Waals surface area contributed by atoms with Crippen LogP contribution in [0.25, 0.3) is 11.4 Å². The van der Waals surface area contributed by atoms with Gasteiger partial charge in [-0.3, -0.25) is 4.79 Å². The van der Waals surface area contributed by atoms with Crippen molar-refractivity contribution >= 4 is 17.7 Å². The number of nitrogens with two attached hydrogens (primary N) is 1. The zero-order chi connectivity index (χ0) is 18.8. The second kappa shape index (κ2) is 7.90. The number of nitrogens with one attached hydrogen (secondary N) is 1. The number of piperidine rings is 1. The van der Waals surface area contributed by atoms with Crippen LogP contribution in [0.4, 0.5) is 0 Å². The average molecular weight is 387 g/mol. The molecule has 1 aliphatic carbocycles. The molecule has 144 valence electrons. The lowest BCUT2D eigenvalue weighted by molar-refractivity contribution is -0.119. The Hall–Kier alpha value is -2.06. The third-order valence-electron chi connectivity index (χ3n) is 5.26. The lowest BCUT2D eigenvalue weighted by Gasteiger charge is -2.32. The molecule has 8 heteroatoms. The number of hydrogen-bond acceptors (Lipinski definition) is 6. The van der Waals surface area contributed by atoms with Crippen molar-refractivity contribution in [1.82, 2.24) is 25.1 Å². The smallest absolute Gasteiger partial charge is 0.230 e. The zero-order valence-electron chi connectivity index (χ0n) is 15.6. The highest BCUT2D eigenvalue weighted by Gasteiger charge is 2.32. The average Bonchev–Trinajstić information content (AvgIpc) is 3.45. The zero-order valence-corrected chi connectivity index (χ0v) is 16.4. The molecule has 1 aromatic heterocycles. The lowest BCUT2D eigenvalue weighted by atomic mass is 10.1. The molecule has 0 unspecified atom stereocenters. The van der Waals surface area contributed by atoms with E-state index in [1.165, 1.54) is 34.8 Å². The summed E-state index contributed by atoms with van der Waals surface area (Å²) in [6, 6.07) is 9.07. The Morgan fingerprint density at radius 2 is 1.89 bits per heavy atom. The van der Waals surface area contributed by atoms with Gasteiger partial charge >= 0.3 is 0 Å². The maximum absolute atomic E-state index is 12.3. The molecule has 0 bridgehead atoms. The molecule has 0 radical (unpaired) electrons. The molecule has 2 fully saturated rings. The first-order valence-corrected chi connectivity index (χ1v) is 10.5. The third-order valence-corrected chi connectivity index (χ3v) is 6.21. The van der Waals surface area contributed by atoms with Crippen molar-refractivity contribution in [1.29, 1.82) is 0 Å². The Labute approximate surface area is 163 Å². The van der Waals surface area contributed by atoms with E-state index in [0.717, 1.165) is 37.5 Å². The van der Waals surface area contributed by atoms with Gasteiger partial charge in [-0.15, -0.1) is 10.2 Å². The van der Waals surface area contributed by atoms with Gasteiger partial charge in [0.25, 0.3) is 0 Å². The molecule has 3 N–H and O–H groups in total. The van der Waals surface area contributed by atoms with Crippen LogP contribution in [0.15, 0.2) is 29.4 Å². The molecule has 27 heavy (non-hydrogen) atoms. The topological polar surface area (TPSA) is 89.1 Å². The molecular weight excluding hydrogens is 360 g/mol. The fraction of sp³-hybridized carbons (Fsp3) is 0.526. The number of carbonyl (C=O) groups excluding carboxylic acids is 1. The molecule has 1 aromatic carbocycles. The number of likely N-dealkylation sites (tertiary alicyclic amines) is 1. The molecule has 1 saturated carbocycles. The van der Waals surface area contributed by atoms with Gasteiger partial charge < -0.3 is 16.1 Å². The normalized spacial score (nSPS) is 18.6. The molecule has 2 aliphatic rings. The Morgan fingerprint density at radius 3 is 2.56 bits per heavy atom. The van der Waals surface area contributed by atoms with Gasteiger partial charge in [0, 0.05) is 30.7 Å². The SMILES string of the molecule is Cc1ccc(-c2nnc(SCC(=O)NC3CCN(C4CC4)CC3)n2N)cc1. The molecular formula is C19H26N6OS. The quantitative estimate of drug-likeness (QED) is 0.581. The molecule has 7 nitrogen and oxygen atoms in total. The van der Waals surface area contributed by atoms with Crippen molar-refractivity contribution in [2.24, 2.45) is 0 Å². The van der Waals surface area contributed by atoms with Crippen LogP contribution in [0, 0.1) is 6.92 Å². The summed E-state index contributed by atoms with van der Waals surface area (Å²) < 4.78 is 1.46. The number of nitrogens with zero attached hydrogens (tertiary/aromatic N) is 4. The lowest BCUT2D eigenvalue weighted by Crippen LogP contribution is -2.45. The van der Waals surface area contributed by atoms with E-state index in [1.807, 2.05) is 31.2 Å². The van der Waals surface area contributed by atoms with Crippen molar-refractivity contribution in [3.63, 3.8) is 0 Å². The van der Waals surface area contributed by atoms with Crippen LogP contribution in [0.1, 0.15) is 31.2 Å². The summed E-state index contributed by atoms with van der Waals surface area (Å²) in [5.41, 5.74) is 2.09. The molecule has 4 rings (SSSR count). The van der Waals surface area contributed by atoms with Crippen LogP contribution in [0.5, 0.6) is 0 Å². The van der Waals surface area contributed by atoms with E-state index >= 15 is 0 Å². The first kappa shape index (κ1) is 18.3. The Bertz CT molecular complexity index is 793. The van der Waals surface area contributed by atoms with Gasteiger partial charge in [-0.2, -0.15) is 0 Å². The van der Waals surface area contributed by atoms with E-state index in [4.69, 9.17) is 5.84 Å². The first-order chi connectivity index (χ1) is 13.1. The number of hydrogen-bond donors (Lipinski definition) is 2. The summed E-state index contributed by atoms with van der Waals surface area (Å²) in [5.74, 6) is 7.06. The van der Waals surface area contributed by atoms with Crippen LogP contribution >= 0.6 is 11.8 Å². The molecule has 1 amide bonds. The predicted molar refractivity (Wildman–Crippen MR) is 107 cm³/mol. The van der Waals surface area contributed by atoms with Crippen molar-refractivity contribution in [3.05, 3.63) is 29.8 Å². The minimum atomic E-state index is 0.0322. The van der Waals surface area contributed by atoms with E-state index in [1.54, 1.807) is 0 Å². The maximum Gasteiger partial charge on any atom is 0.230 e. The largest absolute Gasteiger partial charge is 0.353 e. The van der Waals surface area contributed by atoms with Crippen LogP contribution in [-0.4, -0.2) is 56.6 Å². The summed E-state index contributed by atoms with van der Waals surface area (Å²) in [6.07, 6.45) is 4.77. The van der Waals surface area contributed by atoms with Gasteiger partial charge in [0.2, 0.25) is 11.1 Å². The Kier molecular flexibility index (Phi) is 5.36. The molecule has 0 spiro atoms. The maximum atomic E-state index is 12.3. The highest BCUT2D eigenvalue weighted by molar-refractivity contribution is 7.99. The molecule has 2 aromatic rings. The molecule has 0 atom stereocenters. The summed E-state index contributed by atoms with van der Waals surface area (Å²) in [7, 11) is 0. The Balaban J connectivity index is 1.27. The number of aromatic nitrogens is 3. The highest BCUT2D eigenvalue weighted by Crippen LogP contribution is 2.29. The molecule has 2 heterocycles. The number of rotatable bonds is 6. The van der Waals surface area contributed by atoms with E-state index in [-0.39, 0.29) is 11.9 Å². The van der Waals surface area contributed by atoms with Crippen molar-refractivity contribution in [2.75, 3.05) is 24.7 Å². The highest BCUT2D eigenvalue weighted by atomic mass is 32.2. The number of carbonyl (C=O) groups is 1. The summed E-state index contributed by atoms with van der Waals surface area (Å²) in [4.78, 5) is 14.9. The second-order valence-electron chi connectivity index (χ2n) is 7.44. The number of thioether (sulfide) groups is 1. The van der Waals surface area contributed by atoms with Gasteiger partial charge in [0.1, 0.15) is 0 Å². The van der Waals surface area contributed by atoms with Gasteiger partial charge in [0.05, 0.1) is 5.75 Å². The van der Waals surface area contributed by atoms with Gasteiger partial charge in [0.15, 0.2) is 5.82 Å². The summed E-state index contributed by atoms with van der Waals surface area (Å²) >= 11 is 1.32. The number of nitrogen functional groups attached to an aromatic ring is 1. The fourth-order valence-corrected chi connectivity index (χ4v) is 4.19. The third kappa shape index (κ3) is 4.44. The van der Waals surface area contributed by atoms with Gasteiger partial charge in [-0.25, -0.2) is 4.68 Å². The van der Waals surface area contributed by atoms with Crippen molar-refractivity contribution in [2.45, 2.75) is 49.8 Å². The number of aryl methyl sites for hydroxylation is 1. The molecule has 1 saturated heterocycles. The van der Waals surface area contributed by atoms with Crippen LogP contribution in [0.3, 0.4) is 0 Å². The minimum Gasteiger partial charge on any atom is -0.353 e. The summed E-state index contributed by atoms with van der Waals surface area (Å²) in [6.45, 7) is 4.23. The fourth-order valence-electron chi connectivity index (χ4n) is 3.52. The van der Waals surface area contributed by atoms with E-state index in [2.05, 4.69) is 20.4 Å². The number of benzene rings is 1. The predicted octanol–water partition coefficient (Wildman–Crippen LogP) is 1.80. The second-order valence-corrected chi connectivity index (χ2v) is 8.38. The van der Waals surface area contributed by atoms with E-state index < -0.39 is 0 Å². The molecule has 1 aliphatic heterocycles. The van der Waals surface area contributed by atoms with Crippen LogP contribution in [-0.2, 0) is 4.79 Å². The number of amides is 1. The Morgan fingerprint density at radius 1 is 1.19 bits per heavy atom. The van der Waals surface area contributed by atoms with Crippen molar-refractivity contribution < 1.29 is 4.79 Å². The van der Waals surface area contributed by atoms with Gasteiger partial charge in [-0.05, 0) is 32.6 Å². The monoisotopic (exact) mass is 386 g/mol. The van der Waals surface area contributed by atoms with Gasteiger partial charge in [-0.1, -0.05) is 41.6 Å². The van der Waals surface area contributed by atoms with E-state index in [0.29, 0.717) is 16.7 Å². The summed E-state index contributed by atoms with van der Waals surface area (Å²) in [5, 5.41) is 12.0. The van der Waals surface area contributed by atoms with Crippen LogP contribution in [0.2, 0.25) is 0 Å².